The van der Waals surface area contributed by atoms with Gasteiger partial charge in [-0.3, -0.25) is 11.3 Å². The standard InChI is InChI=1S/C11H17FN2S/c1-2-15-8-11(14-13)7-9-4-3-5-10(12)6-9/h3-6,11,14H,2,7-8,13H2,1H3. The molecule has 0 aliphatic heterocycles. The third-order valence-electron chi connectivity index (χ3n) is 2.13. The van der Waals surface area contributed by atoms with Gasteiger partial charge in [-0.15, -0.1) is 0 Å². The van der Waals surface area contributed by atoms with Gasteiger partial charge in [-0.25, -0.2) is 4.39 Å². The van der Waals surface area contributed by atoms with Crippen LogP contribution in [0, 0.1) is 5.82 Å². The zero-order valence-electron chi connectivity index (χ0n) is 8.87. The first kappa shape index (κ1) is 12.5. The molecule has 0 fully saturated rings. The maximum atomic E-state index is 12.9. The van der Waals surface area contributed by atoms with E-state index < -0.39 is 0 Å². The van der Waals surface area contributed by atoms with E-state index >= 15 is 0 Å². The quantitative estimate of drug-likeness (QED) is 0.577. The van der Waals surface area contributed by atoms with Crippen molar-refractivity contribution in [1.82, 2.24) is 5.43 Å². The molecule has 1 aromatic carbocycles. The minimum Gasteiger partial charge on any atom is -0.271 e. The SMILES string of the molecule is CCSCC(Cc1cccc(F)c1)NN. The van der Waals surface area contributed by atoms with Crippen LogP contribution in [-0.2, 0) is 6.42 Å². The summed E-state index contributed by atoms with van der Waals surface area (Å²) < 4.78 is 12.9. The van der Waals surface area contributed by atoms with E-state index in [0.717, 1.165) is 23.5 Å². The molecule has 0 spiro atoms. The number of thioether (sulfide) groups is 1. The molecule has 0 radical (unpaired) electrons. The summed E-state index contributed by atoms with van der Waals surface area (Å²) >= 11 is 1.83. The lowest BCUT2D eigenvalue weighted by molar-refractivity contribution is 0.570. The van der Waals surface area contributed by atoms with Crippen LogP contribution in [0.15, 0.2) is 24.3 Å². The number of hydrogen-bond acceptors (Lipinski definition) is 3. The second-order valence-electron chi connectivity index (χ2n) is 3.36. The molecule has 1 aromatic rings. The first-order valence-corrected chi connectivity index (χ1v) is 6.20. The molecule has 0 amide bonds. The van der Waals surface area contributed by atoms with Crippen molar-refractivity contribution in [1.29, 1.82) is 0 Å². The normalized spacial score (nSPS) is 12.7. The average molecular weight is 228 g/mol. The number of hydrogen-bond donors (Lipinski definition) is 2. The molecule has 0 aliphatic carbocycles. The minimum atomic E-state index is -0.189. The van der Waals surface area contributed by atoms with Crippen molar-refractivity contribution in [2.45, 2.75) is 19.4 Å². The number of rotatable bonds is 6. The number of hydrazine groups is 1. The average Bonchev–Trinajstić information content (AvgIpc) is 2.24. The summed E-state index contributed by atoms with van der Waals surface area (Å²) in [7, 11) is 0. The molecule has 1 rings (SSSR count). The van der Waals surface area contributed by atoms with Gasteiger partial charge in [-0.05, 0) is 29.9 Å². The van der Waals surface area contributed by atoms with Gasteiger partial charge in [-0.2, -0.15) is 11.8 Å². The summed E-state index contributed by atoms with van der Waals surface area (Å²) in [5.74, 6) is 7.27. The molecule has 15 heavy (non-hydrogen) atoms. The van der Waals surface area contributed by atoms with Gasteiger partial charge in [0.25, 0.3) is 0 Å². The maximum Gasteiger partial charge on any atom is 0.123 e. The molecule has 0 aromatic heterocycles. The predicted octanol–water partition coefficient (Wildman–Crippen LogP) is 1.95. The fraction of sp³-hybridized carbons (Fsp3) is 0.455. The van der Waals surface area contributed by atoms with E-state index in [0.29, 0.717) is 0 Å². The summed E-state index contributed by atoms with van der Waals surface area (Å²) in [4.78, 5) is 0. The van der Waals surface area contributed by atoms with Crippen LogP contribution < -0.4 is 11.3 Å². The molecule has 0 saturated heterocycles. The van der Waals surface area contributed by atoms with Crippen molar-refractivity contribution >= 4 is 11.8 Å². The van der Waals surface area contributed by atoms with Gasteiger partial charge in [-0.1, -0.05) is 19.1 Å². The Morgan fingerprint density at radius 1 is 1.53 bits per heavy atom. The van der Waals surface area contributed by atoms with Crippen LogP contribution in [0.5, 0.6) is 0 Å². The van der Waals surface area contributed by atoms with Crippen LogP contribution in [0.3, 0.4) is 0 Å². The Labute approximate surface area is 94.4 Å². The first-order chi connectivity index (χ1) is 7.26. The summed E-state index contributed by atoms with van der Waals surface area (Å²) in [5, 5.41) is 0. The lowest BCUT2D eigenvalue weighted by atomic mass is 10.1. The molecular weight excluding hydrogens is 211 g/mol. The van der Waals surface area contributed by atoms with Gasteiger partial charge in [0, 0.05) is 11.8 Å². The van der Waals surface area contributed by atoms with E-state index in [4.69, 9.17) is 5.84 Å². The van der Waals surface area contributed by atoms with E-state index in [-0.39, 0.29) is 11.9 Å². The zero-order chi connectivity index (χ0) is 11.1. The molecule has 1 unspecified atom stereocenters. The van der Waals surface area contributed by atoms with Crippen LogP contribution in [-0.4, -0.2) is 17.5 Å². The lowest BCUT2D eigenvalue weighted by Crippen LogP contribution is -2.38. The molecule has 0 bridgehead atoms. The Hall–Kier alpha value is -0.580. The highest BCUT2D eigenvalue weighted by Crippen LogP contribution is 2.09. The van der Waals surface area contributed by atoms with Crippen molar-refractivity contribution in [3.8, 4) is 0 Å². The number of benzene rings is 1. The van der Waals surface area contributed by atoms with Crippen LogP contribution in [0.1, 0.15) is 12.5 Å². The highest BCUT2D eigenvalue weighted by Gasteiger charge is 2.07. The number of nitrogens with one attached hydrogen (secondary N) is 1. The predicted molar refractivity (Wildman–Crippen MR) is 64.2 cm³/mol. The topological polar surface area (TPSA) is 38.0 Å². The van der Waals surface area contributed by atoms with Crippen molar-refractivity contribution in [3.05, 3.63) is 35.6 Å². The maximum absolute atomic E-state index is 12.9. The van der Waals surface area contributed by atoms with E-state index in [1.807, 2.05) is 17.8 Å². The van der Waals surface area contributed by atoms with Gasteiger partial charge >= 0.3 is 0 Å². The van der Waals surface area contributed by atoms with Crippen molar-refractivity contribution < 1.29 is 4.39 Å². The largest absolute Gasteiger partial charge is 0.271 e. The third-order valence-corrected chi connectivity index (χ3v) is 3.18. The van der Waals surface area contributed by atoms with E-state index in [2.05, 4.69) is 12.3 Å². The zero-order valence-corrected chi connectivity index (χ0v) is 9.69. The van der Waals surface area contributed by atoms with Gasteiger partial charge in [0.2, 0.25) is 0 Å². The Bertz CT molecular complexity index is 294. The van der Waals surface area contributed by atoms with Crippen LogP contribution in [0.25, 0.3) is 0 Å². The smallest absolute Gasteiger partial charge is 0.123 e. The Balaban J connectivity index is 2.50. The summed E-state index contributed by atoms with van der Waals surface area (Å²) in [6.45, 7) is 2.11. The van der Waals surface area contributed by atoms with E-state index in [9.17, 15) is 4.39 Å². The summed E-state index contributed by atoms with van der Waals surface area (Å²) in [6, 6.07) is 6.86. The summed E-state index contributed by atoms with van der Waals surface area (Å²) in [6.07, 6.45) is 0.765. The number of halogens is 1. The fourth-order valence-electron chi connectivity index (χ4n) is 1.37. The second-order valence-corrected chi connectivity index (χ2v) is 4.68. The van der Waals surface area contributed by atoms with Gasteiger partial charge in [0.1, 0.15) is 5.82 Å². The fourth-order valence-corrected chi connectivity index (χ4v) is 2.11. The molecule has 3 N–H and O–H groups in total. The molecular formula is C11H17FN2S. The van der Waals surface area contributed by atoms with Crippen molar-refractivity contribution in [2.75, 3.05) is 11.5 Å². The highest BCUT2D eigenvalue weighted by atomic mass is 32.2. The van der Waals surface area contributed by atoms with Gasteiger partial charge in [0.15, 0.2) is 0 Å². The third kappa shape index (κ3) is 4.64. The Kier molecular flexibility index (Phi) is 5.68. The summed E-state index contributed by atoms with van der Waals surface area (Å²) in [5.41, 5.74) is 3.74. The molecule has 0 heterocycles. The molecule has 2 nitrogen and oxygen atoms in total. The molecule has 84 valence electrons. The number of nitrogens with two attached hydrogens (primary N) is 1. The van der Waals surface area contributed by atoms with Gasteiger partial charge < -0.3 is 0 Å². The van der Waals surface area contributed by atoms with Crippen LogP contribution in [0.2, 0.25) is 0 Å². The Morgan fingerprint density at radius 3 is 2.93 bits per heavy atom. The van der Waals surface area contributed by atoms with Crippen LogP contribution in [0.4, 0.5) is 4.39 Å². The molecule has 4 heteroatoms. The molecule has 1 atom stereocenters. The van der Waals surface area contributed by atoms with E-state index in [1.165, 1.54) is 6.07 Å². The highest BCUT2D eigenvalue weighted by molar-refractivity contribution is 7.99. The van der Waals surface area contributed by atoms with Crippen LogP contribution >= 0.6 is 11.8 Å². The molecule has 0 saturated carbocycles. The monoisotopic (exact) mass is 228 g/mol. The first-order valence-electron chi connectivity index (χ1n) is 5.04. The lowest BCUT2D eigenvalue weighted by Gasteiger charge is -2.14. The van der Waals surface area contributed by atoms with Crippen molar-refractivity contribution in [3.63, 3.8) is 0 Å². The molecule has 0 aliphatic rings. The van der Waals surface area contributed by atoms with Crippen molar-refractivity contribution in [2.24, 2.45) is 5.84 Å². The second kappa shape index (κ2) is 6.82. The van der Waals surface area contributed by atoms with E-state index in [1.54, 1.807) is 12.1 Å². The minimum absolute atomic E-state index is 0.189. The Morgan fingerprint density at radius 2 is 2.33 bits per heavy atom. The van der Waals surface area contributed by atoms with Gasteiger partial charge in [0.05, 0.1) is 0 Å².